The molecule has 0 unspecified atom stereocenters. The van der Waals surface area contributed by atoms with Gasteiger partial charge in [-0.05, 0) is 31.7 Å². The first-order valence-electron chi connectivity index (χ1n) is 8.70. The molecule has 26 heavy (non-hydrogen) atoms. The first kappa shape index (κ1) is 18.6. The summed E-state index contributed by atoms with van der Waals surface area (Å²) in [5.74, 6) is -0.106. The molecular formula is C16H22N4O5S. The summed E-state index contributed by atoms with van der Waals surface area (Å²) in [4.78, 5) is 24.2. The molecule has 2 saturated heterocycles. The molecule has 2 fully saturated rings. The van der Waals surface area contributed by atoms with Crippen molar-refractivity contribution < 1.29 is 18.1 Å². The van der Waals surface area contributed by atoms with E-state index in [4.69, 9.17) is 0 Å². The van der Waals surface area contributed by atoms with E-state index in [1.807, 2.05) is 0 Å². The van der Waals surface area contributed by atoms with E-state index >= 15 is 0 Å². The van der Waals surface area contributed by atoms with Crippen molar-refractivity contribution in [1.82, 2.24) is 9.21 Å². The van der Waals surface area contributed by atoms with E-state index in [0.29, 0.717) is 26.2 Å². The van der Waals surface area contributed by atoms with Gasteiger partial charge in [-0.25, -0.2) is 8.42 Å². The first-order valence-corrected chi connectivity index (χ1v) is 10.1. The van der Waals surface area contributed by atoms with E-state index in [1.54, 1.807) is 4.90 Å². The number of sulfonamides is 1. The minimum absolute atomic E-state index is 0.0413. The van der Waals surface area contributed by atoms with Crippen LogP contribution in [0.15, 0.2) is 23.1 Å². The molecule has 0 atom stereocenters. The molecule has 0 radical (unpaired) electrons. The highest BCUT2D eigenvalue weighted by atomic mass is 32.2. The van der Waals surface area contributed by atoms with Crippen LogP contribution in [-0.2, 0) is 14.8 Å². The Balaban J connectivity index is 1.86. The number of hydrogen-bond acceptors (Lipinski definition) is 6. The zero-order valence-electron chi connectivity index (χ0n) is 14.4. The van der Waals surface area contributed by atoms with Crippen LogP contribution in [0.1, 0.15) is 25.7 Å². The van der Waals surface area contributed by atoms with Crippen LogP contribution in [0.4, 0.5) is 11.4 Å². The van der Waals surface area contributed by atoms with Crippen LogP contribution < -0.4 is 5.32 Å². The zero-order chi connectivity index (χ0) is 18.7. The highest BCUT2D eigenvalue weighted by Crippen LogP contribution is 2.30. The van der Waals surface area contributed by atoms with Gasteiger partial charge in [0.15, 0.2) is 0 Å². The maximum absolute atomic E-state index is 12.9. The summed E-state index contributed by atoms with van der Waals surface area (Å²) in [5.41, 5.74) is -0.0748. The second kappa shape index (κ2) is 7.58. The number of nitrogens with zero attached hydrogens (tertiary/aromatic N) is 3. The van der Waals surface area contributed by atoms with Crippen molar-refractivity contribution >= 4 is 27.3 Å². The van der Waals surface area contributed by atoms with Gasteiger partial charge in [-0.1, -0.05) is 0 Å². The summed E-state index contributed by atoms with van der Waals surface area (Å²) in [6.07, 6.45) is 3.48. The van der Waals surface area contributed by atoms with E-state index in [0.717, 1.165) is 31.7 Å². The third-order valence-electron chi connectivity index (χ3n) is 4.75. The fraction of sp³-hybridized carbons (Fsp3) is 0.562. The van der Waals surface area contributed by atoms with Gasteiger partial charge < -0.3 is 10.2 Å². The summed E-state index contributed by atoms with van der Waals surface area (Å²) in [6.45, 7) is 2.17. The molecule has 9 nitrogen and oxygen atoms in total. The topological polar surface area (TPSA) is 113 Å². The van der Waals surface area contributed by atoms with Crippen molar-refractivity contribution in [3.05, 3.63) is 28.3 Å². The average molecular weight is 382 g/mol. The van der Waals surface area contributed by atoms with E-state index in [2.05, 4.69) is 5.32 Å². The molecule has 2 aliphatic rings. The van der Waals surface area contributed by atoms with Crippen LogP contribution >= 0.6 is 0 Å². The van der Waals surface area contributed by atoms with Crippen LogP contribution in [0, 0.1) is 10.1 Å². The molecule has 0 aromatic heterocycles. The second-order valence-corrected chi connectivity index (χ2v) is 8.40. The normalized spacial score (nSPS) is 18.2. The second-order valence-electron chi connectivity index (χ2n) is 6.49. The quantitative estimate of drug-likeness (QED) is 0.588. The van der Waals surface area contributed by atoms with Gasteiger partial charge in [-0.15, -0.1) is 0 Å². The summed E-state index contributed by atoms with van der Waals surface area (Å²) in [7, 11) is -3.85. The van der Waals surface area contributed by atoms with Crippen molar-refractivity contribution in [3.63, 3.8) is 0 Å². The maximum atomic E-state index is 12.9. The number of non-ortho nitro benzene ring substituents is 1. The number of anilines is 1. The lowest BCUT2D eigenvalue weighted by Gasteiger charge is -2.20. The van der Waals surface area contributed by atoms with E-state index in [-0.39, 0.29) is 28.7 Å². The van der Waals surface area contributed by atoms with Gasteiger partial charge in [0.25, 0.3) is 5.69 Å². The number of amides is 1. The number of benzene rings is 1. The number of rotatable bonds is 6. The van der Waals surface area contributed by atoms with Gasteiger partial charge in [-0.3, -0.25) is 14.9 Å². The third kappa shape index (κ3) is 3.80. The number of nitro groups is 1. The molecule has 3 rings (SSSR count). The molecule has 0 saturated carbocycles. The van der Waals surface area contributed by atoms with Crippen molar-refractivity contribution in [2.24, 2.45) is 0 Å². The number of nitro benzene ring substituents is 1. The Bertz CT molecular complexity index is 799. The molecule has 2 heterocycles. The van der Waals surface area contributed by atoms with Gasteiger partial charge in [0.05, 0.1) is 17.2 Å². The number of carbonyl (C=O) groups excluding carboxylic acids is 1. The lowest BCUT2D eigenvalue weighted by Crippen LogP contribution is -2.33. The van der Waals surface area contributed by atoms with Gasteiger partial charge in [-0.2, -0.15) is 4.31 Å². The van der Waals surface area contributed by atoms with Crippen molar-refractivity contribution in [2.45, 2.75) is 30.6 Å². The van der Waals surface area contributed by atoms with E-state index in [9.17, 15) is 23.3 Å². The Morgan fingerprint density at radius 1 is 1.12 bits per heavy atom. The molecule has 0 spiro atoms. The van der Waals surface area contributed by atoms with Crippen LogP contribution in [0.2, 0.25) is 0 Å². The Labute approximate surface area is 152 Å². The Morgan fingerprint density at radius 3 is 2.35 bits per heavy atom. The van der Waals surface area contributed by atoms with Crippen molar-refractivity contribution in [1.29, 1.82) is 0 Å². The summed E-state index contributed by atoms with van der Waals surface area (Å²) < 4.78 is 27.1. The van der Waals surface area contributed by atoms with E-state index < -0.39 is 14.9 Å². The van der Waals surface area contributed by atoms with Crippen LogP contribution in [0.3, 0.4) is 0 Å². The predicted molar refractivity (Wildman–Crippen MR) is 95.4 cm³/mol. The molecule has 1 amide bonds. The minimum Gasteiger partial charge on any atom is -0.375 e. The Hall–Kier alpha value is -2.20. The predicted octanol–water partition coefficient (Wildman–Crippen LogP) is 1.41. The highest BCUT2D eigenvalue weighted by molar-refractivity contribution is 7.89. The lowest BCUT2D eigenvalue weighted by atomic mass is 10.3. The van der Waals surface area contributed by atoms with Crippen molar-refractivity contribution in [2.75, 3.05) is 38.0 Å². The smallest absolute Gasteiger partial charge is 0.270 e. The van der Waals surface area contributed by atoms with Gasteiger partial charge >= 0.3 is 0 Å². The fourth-order valence-corrected chi connectivity index (χ4v) is 5.01. The largest absolute Gasteiger partial charge is 0.375 e. The van der Waals surface area contributed by atoms with Gasteiger partial charge in [0.2, 0.25) is 15.9 Å². The SMILES string of the molecule is O=C(CNc1ccc([N+](=O)[O-])cc1S(=O)(=O)N1CCCC1)N1CCCC1. The summed E-state index contributed by atoms with van der Waals surface area (Å²) >= 11 is 0. The monoisotopic (exact) mass is 382 g/mol. The summed E-state index contributed by atoms with van der Waals surface area (Å²) in [6, 6.07) is 3.67. The van der Waals surface area contributed by atoms with Gasteiger partial charge in [0, 0.05) is 38.3 Å². The zero-order valence-corrected chi connectivity index (χ0v) is 15.2. The highest BCUT2D eigenvalue weighted by Gasteiger charge is 2.31. The molecule has 0 bridgehead atoms. The van der Waals surface area contributed by atoms with Crippen LogP contribution in [0.5, 0.6) is 0 Å². The molecule has 1 aromatic carbocycles. The Morgan fingerprint density at radius 2 is 1.73 bits per heavy atom. The van der Waals surface area contributed by atoms with E-state index in [1.165, 1.54) is 16.4 Å². The Kier molecular flexibility index (Phi) is 5.42. The molecule has 2 aliphatic heterocycles. The number of hydrogen-bond donors (Lipinski definition) is 1. The fourth-order valence-electron chi connectivity index (χ4n) is 3.30. The summed E-state index contributed by atoms with van der Waals surface area (Å²) in [5, 5.41) is 13.9. The van der Waals surface area contributed by atoms with Gasteiger partial charge in [0.1, 0.15) is 4.90 Å². The standard InChI is InChI=1S/C16H22N4O5S/c21-16(18-7-1-2-8-18)12-17-14-6-5-13(20(22)23)11-15(14)26(24,25)19-9-3-4-10-19/h5-6,11,17H,1-4,7-10,12H2. The molecule has 1 aromatic rings. The number of likely N-dealkylation sites (tertiary alicyclic amines) is 1. The first-order chi connectivity index (χ1) is 12.4. The van der Waals surface area contributed by atoms with Crippen molar-refractivity contribution in [3.8, 4) is 0 Å². The van der Waals surface area contributed by atoms with Crippen LogP contribution in [0.25, 0.3) is 0 Å². The molecular weight excluding hydrogens is 360 g/mol. The minimum atomic E-state index is -3.85. The molecule has 142 valence electrons. The average Bonchev–Trinajstić information content (AvgIpc) is 3.32. The third-order valence-corrected chi connectivity index (χ3v) is 6.69. The lowest BCUT2D eigenvalue weighted by molar-refractivity contribution is -0.385. The molecule has 10 heteroatoms. The maximum Gasteiger partial charge on any atom is 0.270 e. The number of nitrogens with one attached hydrogen (secondary N) is 1. The molecule has 0 aliphatic carbocycles. The number of carbonyl (C=O) groups is 1. The van der Waals surface area contributed by atoms with Crippen LogP contribution in [-0.4, -0.2) is 61.2 Å². The molecule has 1 N–H and O–H groups in total.